The fourth-order valence-electron chi connectivity index (χ4n) is 2.60. The van der Waals surface area contributed by atoms with E-state index in [0.717, 1.165) is 7.11 Å². The molecular formula is C16H16N2O6. The number of rotatable bonds is 4. The van der Waals surface area contributed by atoms with Crippen LogP contribution in [-0.2, 0) is 19.1 Å². The Balaban J connectivity index is 2.72. The Morgan fingerprint density at radius 3 is 2.54 bits per heavy atom. The van der Waals surface area contributed by atoms with Crippen LogP contribution in [-0.4, -0.2) is 33.3 Å². The zero-order valence-electron chi connectivity index (χ0n) is 13.4. The molecule has 0 spiro atoms. The number of nitrogens with two attached hydrogens (primary N) is 1. The second-order valence-electron chi connectivity index (χ2n) is 4.86. The number of hydrogen-bond acceptors (Lipinski definition) is 8. The van der Waals surface area contributed by atoms with Crippen LogP contribution >= 0.6 is 0 Å². The lowest BCUT2D eigenvalue weighted by molar-refractivity contribution is -0.144. The second-order valence-corrected chi connectivity index (χ2v) is 4.86. The molecule has 1 aliphatic rings. The van der Waals surface area contributed by atoms with Gasteiger partial charge in [0.05, 0.1) is 33.3 Å². The van der Waals surface area contributed by atoms with E-state index in [-0.39, 0.29) is 17.2 Å². The third-order valence-corrected chi connectivity index (χ3v) is 3.69. The Labute approximate surface area is 138 Å². The molecule has 8 heteroatoms. The maximum absolute atomic E-state index is 12.2. The quantitative estimate of drug-likeness (QED) is 0.805. The number of ether oxygens (including phenoxy) is 4. The number of nitriles is 1. The van der Waals surface area contributed by atoms with E-state index in [1.807, 2.05) is 6.07 Å². The highest BCUT2D eigenvalue weighted by Gasteiger charge is 2.43. The van der Waals surface area contributed by atoms with Crippen molar-refractivity contribution >= 4 is 11.9 Å². The van der Waals surface area contributed by atoms with Crippen molar-refractivity contribution < 1.29 is 28.5 Å². The number of hydrogen-bond donors (Lipinski definition) is 1. The highest BCUT2D eigenvalue weighted by atomic mass is 16.5. The molecule has 1 aliphatic heterocycles. The topological polar surface area (TPSA) is 121 Å². The van der Waals surface area contributed by atoms with Gasteiger partial charge in [-0.15, -0.1) is 0 Å². The van der Waals surface area contributed by atoms with Crippen molar-refractivity contribution in [3.05, 3.63) is 35.2 Å². The summed E-state index contributed by atoms with van der Waals surface area (Å²) in [7, 11) is 3.76. The second kappa shape index (κ2) is 6.91. The largest absolute Gasteiger partial charge is 0.493 e. The van der Waals surface area contributed by atoms with E-state index >= 15 is 0 Å². The maximum atomic E-state index is 12.2. The fraction of sp³-hybridized carbons (Fsp3) is 0.312. The summed E-state index contributed by atoms with van der Waals surface area (Å²) in [5, 5.41) is 9.45. The van der Waals surface area contributed by atoms with Crippen molar-refractivity contribution in [2.24, 2.45) is 11.7 Å². The molecule has 2 rings (SSSR count). The molecule has 2 unspecified atom stereocenters. The van der Waals surface area contributed by atoms with E-state index < -0.39 is 23.8 Å². The zero-order valence-corrected chi connectivity index (χ0v) is 13.4. The smallest absolute Gasteiger partial charge is 0.339 e. The van der Waals surface area contributed by atoms with Gasteiger partial charge in [-0.3, -0.25) is 4.79 Å². The van der Waals surface area contributed by atoms with E-state index in [4.69, 9.17) is 19.9 Å². The zero-order chi connectivity index (χ0) is 17.9. The van der Waals surface area contributed by atoms with Crippen LogP contribution < -0.4 is 15.2 Å². The van der Waals surface area contributed by atoms with Crippen molar-refractivity contribution in [3.63, 3.8) is 0 Å². The first-order chi connectivity index (χ1) is 11.5. The molecule has 1 aromatic carbocycles. The number of carbonyl (C=O) groups excluding carboxylic acids is 2. The van der Waals surface area contributed by atoms with Crippen LogP contribution in [0.25, 0.3) is 0 Å². The molecule has 2 N–H and O–H groups in total. The molecule has 0 bridgehead atoms. The van der Waals surface area contributed by atoms with Crippen LogP contribution in [0.3, 0.4) is 0 Å². The van der Waals surface area contributed by atoms with Gasteiger partial charge in [-0.25, -0.2) is 4.79 Å². The van der Waals surface area contributed by atoms with Gasteiger partial charge in [-0.05, 0) is 6.07 Å². The van der Waals surface area contributed by atoms with Crippen molar-refractivity contribution in [1.82, 2.24) is 0 Å². The Kier molecular flexibility index (Phi) is 4.94. The number of para-hydroxylation sites is 1. The first kappa shape index (κ1) is 17.1. The van der Waals surface area contributed by atoms with Crippen molar-refractivity contribution in [1.29, 1.82) is 5.26 Å². The van der Waals surface area contributed by atoms with Crippen molar-refractivity contribution in [2.75, 3.05) is 21.3 Å². The number of nitrogens with zero attached hydrogens (tertiary/aromatic N) is 1. The number of methoxy groups -OCH3 is 3. The highest BCUT2D eigenvalue weighted by molar-refractivity contribution is 5.94. The van der Waals surface area contributed by atoms with E-state index in [9.17, 15) is 14.9 Å². The van der Waals surface area contributed by atoms with E-state index in [1.165, 1.54) is 14.2 Å². The van der Waals surface area contributed by atoms with E-state index in [0.29, 0.717) is 11.3 Å². The van der Waals surface area contributed by atoms with Crippen LogP contribution in [0, 0.1) is 17.2 Å². The highest BCUT2D eigenvalue weighted by Crippen LogP contribution is 2.47. The molecule has 2 atom stereocenters. The molecule has 0 radical (unpaired) electrons. The predicted octanol–water partition coefficient (Wildman–Crippen LogP) is 0.827. The minimum atomic E-state index is -1.31. The van der Waals surface area contributed by atoms with Crippen LogP contribution in [0.15, 0.2) is 29.7 Å². The van der Waals surface area contributed by atoms with Crippen LogP contribution in [0.4, 0.5) is 0 Å². The van der Waals surface area contributed by atoms with Gasteiger partial charge in [0, 0.05) is 5.56 Å². The molecule has 0 aliphatic carbocycles. The van der Waals surface area contributed by atoms with Crippen LogP contribution in [0.2, 0.25) is 0 Å². The lowest BCUT2D eigenvalue weighted by atomic mass is 9.79. The van der Waals surface area contributed by atoms with Gasteiger partial charge in [-0.1, -0.05) is 12.1 Å². The standard InChI is InChI=1S/C16H16N2O6/c1-21-10-6-4-5-8-11(9(7-17)15(19)22-2)12(16(20)23-3)14(18)24-13(8)10/h4-6,9,11H,18H2,1-3H3. The lowest BCUT2D eigenvalue weighted by Crippen LogP contribution is -2.33. The molecule has 0 saturated heterocycles. The summed E-state index contributed by atoms with van der Waals surface area (Å²) in [5.41, 5.74) is 6.15. The first-order valence-electron chi connectivity index (χ1n) is 6.90. The molecule has 1 aromatic rings. The Bertz CT molecular complexity index is 749. The number of benzene rings is 1. The Morgan fingerprint density at radius 2 is 2.00 bits per heavy atom. The maximum Gasteiger partial charge on any atom is 0.339 e. The number of fused-ring (bicyclic) bond motifs is 1. The normalized spacial score (nSPS) is 17.0. The predicted molar refractivity (Wildman–Crippen MR) is 80.7 cm³/mol. The number of carbonyl (C=O) groups is 2. The van der Waals surface area contributed by atoms with E-state index in [1.54, 1.807) is 18.2 Å². The molecular weight excluding hydrogens is 316 g/mol. The summed E-state index contributed by atoms with van der Waals surface area (Å²) in [5.74, 6) is -3.58. The van der Waals surface area contributed by atoms with Gasteiger partial charge >= 0.3 is 11.9 Å². The summed E-state index contributed by atoms with van der Waals surface area (Å²) in [4.78, 5) is 24.2. The van der Waals surface area contributed by atoms with Gasteiger partial charge in [-0.2, -0.15) is 5.26 Å². The van der Waals surface area contributed by atoms with Gasteiger partial charge < -0.3 is 24.7 Å². The third kappa shape index (κ3) is 2.72. The summed E-state index contributed by atoms with van der Waals surface area (Å²) in [6.45, 7) is 0. The SMILES string of the molecule is COC(=O)C1=C(N)Oc2c(OC)cccc2C1C(C#N)C(=O)OC. The molecule has 24 heavy (non-hydrogen) atoms. The lowest BCUT2D eigenvalue weighted by Gasteiger charge is -2.30. The van der Waals surface area contributed by atoms with E-state index in [2.05, 4.69) is 4.74 Å². The summed E-state index contributed by atoms with van der Waals surface area (Å²) in [6, 6.07) is 6.76. The number of esters is 2. The first-order valence-corrected chi connectivity index (χ1v) is 6.90. The summed E-state index contributed by atoms with van der Waals surface area (Å²) in [6.07, 6.45) is 0. The average molecular weight is 332 g/mol. The van der Waals surface area contributed by atoms with Crippen LogP contribution in [0.1, 0.15) is 11.5 Å². The molecule has 0 amide bonds. The minimum Gasteiger partial charge on any atom is -0.493 e. The van der Waals surface area contributed by atoms with Gasteiger partial charge in [0.25, 0.3) is 0 Å². The van der Waals surface area contributed by atoms with Crippen LogP contribution in [0.5, 0.6) is 11.5 Å². The third-order valence-electron chi connectivity index (χ3n) is 3.69. The Hall–Kier alpha value is -3.21. The molecule has 126 valence electrons. The summed E-state index contributed by atoms with van der Waals surface area (Å²) >= 11 is 0. The Morgan fingerprint density at radius 1 is 1.29 bits per heavy atom. The minimum absolute atomic E-state index is 0.116. The molecule has 0 aromatic heterocycles. The average Bonchev–Trinajstić information content (AvgIpc) is 2.60. The van der Waals surface area contributed by atoms with Crippen molar-refractivity contribution in [3.8, 4) is 17.6 Å². The molecule has 0 saturated carbocycles. The molecule has 0 fully saturated rings. The van der Waals surface area contributed by atoms with Gasteiger partial charge in [0.15, 0.2) is 17.4 Å². The van der Waals surface area contributed by atoms with Gasteiger partial charge in [0.2, 0.25) is 5.88 Å². The molecule has 1 heterocycles. The summed E-state index contributed by atoms with van der Waals surface area (Å²) < 4.78 is 20.1. The van der Waals surface area contributed by atoms with Crippen molar-refractivity contribution in [2.45, 2.75) is 5.92 Å². The molecule has 8 nitrogen and oxygen atoms in total. The fourth-order valence-corrected chi connectivity index (χ4v) is 2.60. The van der Waals surface area contributed by atoms with Gasteiger partial charge in [0.1, 0.15) is 5.57 Å². The monoisotopic (exact) mass is 332 g/mol.